The molecule has 110 valence electrons. The highest BCUT2D eigenvalue weighted by Crippen LogP contribution is 2.17. The summed E-state index contributed by atoms with van der Waals surface area (Å²) < 4.78 is 1.76. The van der Waals surface area contributed by atoms with Gasteiger partial charge in [0, 0.05) is 38.4 Å². The van der Waals surface area contributed by atoms with E-state index in [1.165, 1.54) is 4.90 Å². The van der Waals surface area contributed by atoms with Crippen LogP contribution in [0.1, 0.15) is 12.8 Å². The first-order valence-electron chi connectivity index (χ1n) is 6.50. The van der Waals surface area contributed by atoms with Crippen molar-refractivity contribution in [1.82, 2.24) is 20.0 Å². The van der Waals surface area contributed by atoms with Gasteiger partial charge in [0.15, 0.2) is 0 Å². The van der Waals surface area contributed by atoms with Crippen molar-refractivity contribution in [3.63, 3.8) is 0 Å². The third-order valence-corrected chi connectivity index (χ3v) is 3.22. The first-order valence-corrected chi connectivity index (χ1v) is 6.50. The van der Waals surface area contributed by atoms with Crippen LogP contribution in [-0.4, -0.2) is 62.1 Å². The Balaban J connectivity index is 1.75. The molecule has 0 bridgehead atoms. The maximum Gasteiger partial charge on any atom is 0.326 e. The van der Waals surface area contributed by atoms with Crippen molar-refractivity contribution in [2.45, 2.75) is 31.5 Å². The SMILES string of the molecule is O=C(O)[C@@H]1C[C@@H](O)CN1C(=O)NCCCn1cccn1. The van der Waals surface area contributed by atoms with E-state index in [2.05, 4.69) is 10.4 Å². The number of aliphatic carboxylic acids is 1. The van der Waals surface area contributed by atoms with Gasteiger partial charge in [0.25, 0.3) is 0 Å². The number of amides is 2. The molecule has 2 heterocycles. The van der Waals surface area contributed by atoms with Crippen LogP contribution in [0.25, 0.3) is 0 Å². The van der Waals surface area contributed by atoms with Crippen LogP contribution in [0, 0.1) is 0 Å². The number of carbonyl (C=O) groups excluding carboxylic acids is 1. The quantitative estimate of drug-likeness (QED) is 0.631. The van der Waals surface area contributed by atoms with Gasteiger partial charge in [-0.05, 0) is 12.5 Å². The Kier molecular flexibility index (Phi) is 4.57. The topological polar surface area (TPSA) is 108 Å². The molecule has 2 atom stereocenters. The third kappa shape index (κ3) is 3.47. The van der Waals surface area contributed by atoms with Crippen molar-refractivity contribution < 1.29 is 19.8 Å². The number of aryl methyl sites for hydroxylation is 1. The fourth-order valence-electron chi connectivity index (χ4n) is 2.24. The zero-order valence-electron chi connectivity index (χ0n) is 11.0. The lowest BCUT2D eigenvalue weighted by molar-refractivity contribution is -0.141. The molecule has 0 unspecified atom stereocenters. The fourth-order valence-corrected chi connectivity index (χ4v) is 2.24. The Bertz CT molecular complexity index is 462. The van der Waals surface area contributed by atoms with E-state index in [9.17, 15) is 14.7 Å². The number of aliphatic hydroxyl groups is 1. The molecule has 0 radical (unpaired) electrons. The number of likely N-dealkylation sites (tertiary alicyclic amines) is 1. The van der Waals surface area contributed by atoms with Crippen LogP contribution >= 0.6 is 0 Å². The minimum Gasteiger partial charge on any atom is -0.480 e. The maximum absolute atomic E-state index is 11.9. The second-order valence-corrected chi connectivity index (χ2v) is 4.75. The van der Waals surface area contributed by atoms with Crippen molar-refractivity contribution in [3.05, 3.63) is 18.5 Å². The minimum absolute atomic E-state index is 0.0575. The highest BCUT2D eigenvalue weighted by molar-refractivity contribution is 5.83. The predicted octanol–water partition coefficient (Wildman–Crippen LogP) is -0.497. The van der Waals surface area contributed by atoms with Crippen molar-refractivity contribution in [1.29, 1.82) is 0 Å². The molecule has 1 aromatic heterocycles. The van der Waals surface area contributed by atoms with Crippen LogP contribution < -0.4 is 5.32 Å². The van der Waals surface area contributed by atoms with Crippen LogP contribution in [0.15, 0.2) is 18.5 Å². The molecule has 0 saturated carbocycles. The summed E-state index contributed by atoms with van der Waals surface area (Å²) in [5.74, 6) is -1.09. The zero-order chi connectivity index (χ0) is 14.5. The molecule has 1 aromatic rings. The number of hydrogen-bond acceptors (Lipinski definition) is 4. The minimum atomic E-state index is -1.09. The lowest BCUT2D eigenvalue weighted by Crippen LogP contribution is -2.46. The van der Waals surface area contributed by atoms with Gasteiger partial charge in [-0.15, -0.1) is 0 Å². The van der Waals surface area contributed by atoms with E-state index in [-0.39, 0.29) is 13.0 Å². The number of rotatable bonds is 5. The van der Waals surface area contributed by atoms with Crippen molar-refractivity contribution in [2.75, 3.05) is 13.1 Å². The number of β-amino-alcohol motifs (C(OH)–C–C–N with tert-alkyl or cyclic N) is 1. The van der Waals surface area contributed by atoms with E-state index in [1.54, 1.807) is 10.9 Å². The molecule has 8 nitrogen and oxygen atoms in total. The van der Waals surface area contributed by atoms with Crippen LogP contribution in [0.5, 0.6) is 0 Å². The molecular weight excluding hydrogens is 264 g/mol. The summed E-state index contributed by atoms with van der Waals surface area (Å²) in [6.07, 6.45) is 3.52. The fraction of sp³-hybridized carbons (Fsp3) is 0.583. The average molecular weight is 282 g/mol. The molecule has 2 amide bonds. The molecule has 1 aliphatic rings. The Hall–Kier alpha value is -2.09. The first kappa shape index (κ1) is 14.3. The Labute approximate surface area is 116 Å². The Morgan fingerprint density at radius 2 is 2.25 bits per heavy atom. The summed E-state index contributed by atoms with van der Waals surface area (Å²) in [5.41, 5.74) is 0. The lowest BCUT2D eigenvalue weighted by atomic mass is 10.2. The van der Waals surface area contributed by atoms with Crippen molar-refractivity contribution in [3.8, 4) is 0 Å². The van der Waals surface area contributed by atoms with Crippen LogP contribution in [0.4, 0.5) is 4.79 Å². The monoisotopic (exact) mass is 282 g/mol. The molecule has 0 aliphatic carbocycles. The molecule has 1 aliphatic heterocycles. The summed E-state index contributed by atoms with van der Waals surface area (Å²) in [6.45, 7) is 1.16. The van der Waals surface area contributed by atoms with E-state index in [0.29, 0.717) is 19.5 Å². The summed E-state index contributed by atoms with van der Waals surface area (Å²) in [5, 5.41) is 25.2. The number of urea groups is 1. The van der Waals surface area contributed by atoms with Gasteiger partial charge >= 0.3 is 12.0 Å². The second kappa shape index (κ2) is 6.38. The van der Waals surface area contributed by atoms with Crippen LogP contribution in [-0.2, 0) is 11.3 Å². The second-order valence-electron chi connectivity index (χ2n) is 4.75. The van der Waals surface area contributed by atoms with Crippen molar-refractivity contribution in [2.24, 2.45) is 0 Å². The molecule has 1 fully saturated rings. The summed E-state index contributed by atoms with van der Waals surface area (Å²) >= 11 is 0. The van der Waals surface area contributed by atoms with Gasteiger partial charge in [0.05, 0.1) is 6.10 Å². The molecule has 0 aromatic carbocycles. The van der Waals surface area contributed by atoms with E-state index in [1.807, 2.05) is 12.3 Å². The van der Waals surface area contributed by atoms with Gasteiger partial charge in [0.2, 0.25) is 0 Å². The van der Waals surface area contributed by atoms with Gasteiger partial charge in [-0.2, -0.15) is 5.10 Å². The lowest BCUT2D eigenvalue weighted by Gasteiger charge is -2.21. The van der Waals surface area contributed by atoms with Gasteiger partial charge in [-0.1, -0.05) is 0 Å². The van der Waals surface area contributed by atoms with Gasteiger partial charge in [-0.25, -0.2) is 9.59 Å². The molecule has 20 heavy (non-hydrogen) atoms. The molecule has 1 saturated heterocycles. The first-order chi connectivity index (χ1) is 9.58. The van der Waals surface area contributed by atoms with Gasteiger partial charge in [0.1, 0.15) is 6.04 Å². The predicted molar refractivity (Wildman–Crippen MR) is 69.0 cm³/mol. The van der Waals surface area contributed by atoms with Gasteiger partial charge < -0.3 is 20.4 Å². The number of nitrogens with zero attached hydrogens (tertiary/aromatic N) is 3. The highest BCUT2D eigenvalue weighted by atomic mass is 16.4. The summed E-state index contributed by atoms with van der Waals surface area (Å²) in [7, 11) is 0. The van der Waals surface area contributed by atoms with E-state index in [4.69, 9.17) is 5.11 Å². The average Bonchev–Trinajstić information content (AvgIpc) is 3.03. The van der Waals surface area contributed by atoms with Crippen LogP contribution in [0.2, 0.25) is 0 Å². The highest BCUT2D eigenvalue weighted by Gasteiger charge is 2.38. The zero-order valence-corrected chi connectivity index (χ0v) is 11.0. The number of aromatic nitrogens is 2. The molecule has 2 rings (SSSR count). The number of aliphatic hydroxyl groups excluding tert-OH is 1. The normalized spacial score (nSPS) is 21.9. The standard InChI is InChI=1S/C12H18N4O4/c17-9-7-10(11(18)19)16(8-9)12(20)13-3-1-5-15-6-2-4-14-15/h2,4,6,9-10,17H,1,3,5,7-8H2,(H,13,20)(H,18,19)/t9-,10+/m1/s1. The van der Waals surface area contributed by atoms with E-state index < -0.39 is 24.1 Å². The van der Waals surface area contributed by atoms with Gasteiger partial charge in [-0.3, -0.25) is 4.68 Å². The number of carboxylic acids is 1. The summed E-state index contributed by atoms with van der Waals surface area (Å²) in [4.78, 5) is 24.1. The van der Waals surface area contributed by atoms with E-state index >= 15 is 0 Å². The Morgan fingerprint density at radius 1 is 1.45 bits per heavy atom. The summed E-state index contributed by atoms with van der Waals surface area (Å²) in [6, 6.07) is 0.423. The molecule has 8 heteroatoms. The third-order valence-electron chi connectivity index (χ3n) is 3.22. The number of carboxylic acid groups (broad SMARTS) is 1. The van der Waals surface area contributed by atoms with Crippen LogP contribution in [0.3, 0.4) is 0 Å². The molecular formula is C12H18N4O4. The number of hydrogen-bond donors (Lipinski definition) is 3. The maximum atomic E-state index is 11.9. The van der Waals surface area contributed by atoms with Crippen molar-refractivity contribution >= 4 is 12.0 Å². The largest absolute Gasteiger partial charge is 0.480 e. The molecule has 0 spiro atoms. The number of nitrogens with one attached hydrogen (secondary N) is 1. The molecule has 3 N–H and O–H groups in total. The smallest absolute Gasteiger partial charge is 0.326 e. The van der Waals surface area contributed by atoms with E-state index in [0.717, 1.165) is 0 Å². The number of carbonyl (C=O) groups is 2. The Morgan fingerprint density at radius 3 is 2.90 bits per heavy atom.